The zero-order valence-corrected chi connectivity index (χ0v) is 35.8. The number of hydrogen-bond donors (Lipinski definition) is 1. The highest BCUT2D eigenvalue weighted by molar-refractivity contribution is 7.44. The molecule has 0 radical (unpaired) electrons. The van der Waals surface area contributed by atoms with Crippen molar-refractivity contribution in [1.29, 1.82) is 5.26 Å². The second-order valence-corrected chi connectivity index (χ2v) is 22.0. The molecule has 300 valence electrons. The summed E-state index contributed by atoms with van der Waals surface area (Å²) in [5, 5.41) is 12.1. The second kappa shape index (κ2) is 18.4. The summed E-state index contributed by atoms with van der Waals surface area (Å²) in [6.45, 7) is 21.0. The zero-order chi connectivity index (χ0) is 40.8. The van der Waals surface area contributed by atoms with Gasteiger partial charge in [0.1, 0.15) is 31.2 Å². The molecule has 1 saturated heterocycles. The van der Waals surface area contributed by atoms with E-state index in [4.69, 9.17) is 22.9 Å². The fourth-order valence-corrected chi connectivity index (χ4v) is 9.12. The van der Waals surface area contributed by atoms with E-state index in [1.807, 2.05) is 25.1 Å². The summed E-state index contributed by atoms with van der Waals surface area (Å²) < 4.78 is 37.4. The predicted molar refractivity (Wildman–Crippen MR) is 217 cm³/mol. The van der Waals surface area contributed by atoms with E-state index in [-0.39, 0.29) is 48.5 Å². The number of fused-ring (bicyclic) bond motifs is 1. The van der Waals surface area contributed by atoms with Crippen LogP contribution in [0.1, 0.15) is 87.4 Å². The van der Waals surface area contributed by atoms with Gasteiger partial charge in [0.25, 0.3) is 14.4 Å². The molecule has 1 N–H and O–H groups in total. The highest BCUT2D eigenvalue weighted by Crippen LogP contribution is 2.52. The number of esters is 1. The molecule has 0 saturated carbocycles. The highest BCUT2D eigenvalue weighted by atomic mass is 31.2. The number of anilines is 1. The first-order chi connectivity index (χ1) is 26.5. The van der Waals surface area contributed by atoms with Crippen molar-refractivity contribution in [2.75, 3.05) is 18.5 Å². The Balaban J connectivity index is 1.59. The normalized spacial score (nSPS) is 19.4. The van der Waals surface area contributed by atoms with Crippen LogP contribution in [-0.2, 0) is 22.9 Å². The summed E-state index contributed by atoms with van der Waals surface area (Å²) in [4.78, 5) is 40.2. The Labute approximate surface area is 332 Å². The van der Waals surface area contributed by atoms with Crippen molar-refractivity contribution >= 4 is 45.7 Å². The minimum Gasteiger partial charge on any atom is -0.459 e. The molecule has 0 bridgehead atoms. The van der Waals surface area contributed by atoms with Gasteiger partial charge in [-0.15, -0.1) is 0 Å². The molecular formula is C40H54N7O7PSi. The van der Waals surface area contributed by atoms with Crippen LogP contribution < -0.4 is 5.32 Å². The van der Waals surface area contributed by atoms with E-state index in [2.05, 4.69) is 92.6 Å². The average Bonchev–Trinajstić information content (AvgIpc) is 3.71. The Morgan fingerprint density at radius 3 is 2.30 bits per heavy atom. The Hall–Kier alpha value is -4.13. The van der Waals surface area contributed by atoms with Gasteiger partial charge in [-0.2, -0.15) is 5.26 Å². The molecule has 1 aliphatic heterocycles. The number of hydrogen-bond acceptors (Lipinski definition) is 12. The lowest BCUT2D eigenvalue weighted by Gasteiger charge is -2.42. The van der Waals surface area contributed by atoms with Gasteiger partial charge >= 0.3 is 5.97 Å². The number of ether oxygens (including phenoxy) is 2. The summed E-state index contributed by atoms with van der Waals surface area (Å²) in [6, 6.07) is 18.2. The van der Waals surface area contributed by atoms with Crippen LogP contribution in [0.3, 0.4) is 0 Å². The summed E-state index contributed by atoms with van der Waals surface area (Å²) in [5.74, 6) is -0.612. The van der Waals surface area contributed by atoms with Gasteiger partial charge in [0.2, 0.25) is 0 Å². The van der Waals surface area contributed by atoms with Crippen molar-refractivity contribution in [3.05, 3.63) is 83.9 Å². The number of nitrogens with zero attached hydrogens (tertiary/aromatic N) is 6. The summed E-state index contributed by atoms with van der Waals surface area (Å²) in [5.41, 5.74) is 2.64. The Bertz CT molecular complexity index is 1970. The molecule has 56 heavy (non-hydrogen) atoms. The van der Waals surface area contributed by atoms with Crippen LogP contribution in [0.5, 0.6) is 0 Å². The van der Waals surface area contributed by atoms with E-state index in [1.165, 1.54) is 6.33 Å². The molecule has 3 heterocycles. The zero-order valence-electron chi connectivity index (χ0n) is 33.9. The van der Waals surface area contributed by atoms with Gasteiger partial charge in [0, 0.05) is 17.6 Å². The fraction of sp³-hybridized carbons (Fsp3) is 0.500. The molecule has 5 atom stereocenters. The van der Waals surface area contributed by atoms with E-state index in [9.17, 15) is 14.9 Å². The first-order valence-corrected chi connectivity index (χ1v) is 22.9. The Kier molecular flexibility index (Phi) is 14.1. The number of rotatable bonds is 16. The molecule has 1 amide bonds. The van der Waals surface area contributed by atoms with Gasteiger partial charge in [-0.1, -0.05) is 56.7 Å². The maximum atomic E-state index is 13.4. The standard InChI is InChI=1S/C40H54N7O7PSi/c1-26(2)47(27(3)4)55(51-22-14-21-41)53-33-31(23-50-39(49)30-19-17-28(5)18-20-30)52-38(34(33)54-56(9,10)40(6,7)8)46-25-44-32-35(42-24-43-36(32)46)45-37(48)29-15-12-11-13-16-29/h11-13,15-20,24-27,31,33-34,38H,14,22-23H2,1-10H3,(H,42,43,45,48)/t31-,33+,34?,38-,55?/m1/s1. The lowest BCUT2D eigenvalue weighted by molar-refractivity contribution is -0.0548. The number of nitriles is 1. The molecule has 4 aromatic rings. The van der Waals surface area contributed by atoms with E-state index in [0.29, 0.717) is 22.3 Å². The minimum absolute atomic E-state index is 0.0256. The lowest BCUT2D eigenvalue weighted by atomic mass is 10.1. The maximum absolute atomic E-state index is 13.4. The average molecular weight is 804 g/mol. The number of imidazole rings is 1. The molecule has 16 heteroatoms. The number of aryl methyl sites for hydroxylation is 1. The molecule has 0 aliphatic carbocycles. The maximum Gasteiger partial charge on any atom is 0.338 e. The van der Waals surface area contributed by atoms with Crippen LogP contribution in [0.25, 0.3) is 11.2 Å². The Morgan fingerprint density at radius 1 is 1.00 bits per heavy atom. The number of aromatic nitrogens is 4. The predicted octanol–water partition coefficient (Wildman–Crippen LogP) is 8.19. The first-order valence-electron chi connectivity index (χ1n) is 18.9. The summed E-state index contributed by atoms with van der Waals surface area (Å²) >= 11 is 0. The van der Waals surface area contributed by atoms with Crippen molar-refractivity contribution in [3.8, 4) is 6.07 Å². The third-order valence-electron chi connectivity index (χ3n) is 9.96. The van der Waals surface area contributed by atoms with E-state index in [0.717, 1.165) is 5.56 Å². The molecule has 0 spiro atoms. The van der Waals surface area contributed by atoms with Crippen LogP contribution >= 0.6 is 8.53 Å². The molecule has 14 nitrogen and oxygen atoms in total. The molecule has 2 unspecified atom stereocenters. The van der Waals surface area contributed by atoms with Crippen LogP contribution in [0.15, 0.2) is 67.3 Å². The molecule has 5 rings (SSSR count). The van der Waals surface area contributed by atoms with Crippen molar-refractivity contribution in [1.82, 2.24) is 24.2 Å². The third-order valence-corrected chi connectivity index (χ3v) is 16.6. The van der Waals surface area contributed by atoms with Gasteiger partial charge in [0.15, 0.2) is 31.5 Å². The van der Waals surface area contributed by atoms with Crippen LogP contribution in [-0.4, -0.2) is 88.0 Å². The quantitative estimate of drug-likeness (QED) is 0.0501. The van der Waals surface area contributed by atoms with Crippen molar-refractivity contribution in [2.24, 2.45) is 0 Å². The molecule has 2 aromatic heterocycles. The second-order valence-electron chi connectivity index (χ2n) is 15.9. The van der Waals surface area contributed by atoms with Crippen LogP contribution in [0.2, 0.25) is 18.1 Å². The smallest absolute Gasteiger partial charge is 0.338 e. The Morgan fingerprint density at radius 2 is 1.68 bits per heavy atom. The number of carbonyl (C=O) groups excluding carboxylic acids is 2. The van der Waals surface area contributed by atoms with E-state index in [1.54, 1.807) is 47.3 Å². The molecule has 2 aromatic carbocycles. The largest absolute Gasteiger partial charge is 0.459 e. The number of carbonyl (C=O) groups is 2. The number of benzene rings is 2. The highest BCUT2D eigenvalue weighted by Gasteiger charge is 2.54. The number of nitrogens with one attached hydrogen (secondary N) is 1. The molecule has 1 aliphatic rings. The van der Waals surface area contributed by atoms with Crippen LogP contribution in [0.4, 0.5) is 5.82 Å². The molecule has 1 fully saturated rings. The monoisotopic (exact) mass is 803 g/mol. The fourth-order valence-electron chi connectivity index (χ4n) is 6.06. The van der Waals surface area contributed by atoms with Gasteiger partial charge < -0.3 is 28.3 Å². The van der Waals surface area contributed by atoms with Gasteiger partial charge in [-0.3, -0.25) is 9.36 Å². The summed E-state index contributed by atoms with van der Waals surface area (Å²) in [6.07, 6.45) is -0.141. The van der Waals surface area contributed by atoms with E-state index >= 15 is 0 Å². The number of amides is 1. The van der Waals surface area contributed by atoms with Crippen LogP contribution in [0, 0.1) is 18.3 Å². The minimum atomic E-state index is -2.57. The first kappa shape index (κ1) is 43.0. The topological polar surface area (TPSA) is 163 Å². The van der Waals surface area contributed by atoms with Crippen molar-refractivity contribution < 1.29 is 32.5 Å². The van der Waals surface area contributed by atoms with Gasteiger partial charge in [0.05, 0.1) is 31.0 Å². The van der Waals surface area contributed by atoms with Gasteiger partial charge in [-0.25, -0.2) is 24.4 Å². The SMILES string of the molecule is Cc1ccc(C(=O)OC[C@H]2O[C@@H](n3cnc4c(NC(=O)c5ccccc5)ncnc43)C(O[Si](C)(C)C(C)(C)C)[C@H]2OP(OCCC#N)N(C(C)C)C(C)C)cc1. The summed E-state index contributed by atoms with van der Waals surface area (Å²) in [7, 11) is -4.34. The van der Waals surface area contributed by atoms with Crippen molar-refractivity contribution in [2.45, 2.75) is 117 Å². The third kappa shape index (κ3) is 10.0. The van der Waals surface area contributed by atoms with Gasteiger partial charge in [-0.05, 0) is 77.0 Å². The van der Waals surface area contributed by atoms with Crippen molar-refractivity contribution in [3.63, 3.8) is 0 Å². The van der Waals surface area contributed by atoms with E-state index < -0.39 is 47.4 Å². The molecular weight excluding hydrogens is 750 g/mol. The lowest BCUT2D eigenvalue weighted by Crippen LogP contribution is -2.49.